The fourth-order valence-corrected chi connectivity index (χ4v) is 9.10. The van der Waals surface area contributed by atoms with Gasteiger partial charge in [0, 0.05) is 18.3 Å². The summed E-state index contributed by atoms with van der Waals surface area (Å²) < 4.78 is 188. The molecule has 4 aliphatic carbocycles. The highest BCUT2D eigenvalue weighted by Gasteiger charge is 2.64. The lowest BCUT2D eigenvalue weighted by atomic mass is 9.58. The lowest BCUT2D eigenvalue weighted by Crippen LogP contribution is -2.50. The Morgan fingerprint density at radius 1 is 0.882 bits per heavy atom. The summed E-state index contributed by atoms with van der Waals surface area (Å²) in [7, 11) is -12.7. The van der Waals surface area contributed by atoms with Gasteiger partial charge in [-0.2, -0.15) is 30.7 Å². The van der Waals surface area contributed by atoms with Crippen LogP contribution in [0.5, 0.6) is 0 Å². The fraction of sp³-hybridized carbons (Fsp3) is 0.852. The summed E-state index contributed by atoms with van der Waals surface area (Å²) in [5.74, 6) is -8.71. The van der Waals surface area contributed by atoms with E-state index in [2.05, 4.69) is 0 Å². The first-order chi connectivity index (χ1) is 23.2. The molecular formula is C27H28F8O14S2-2. The van der Waals surface area contributed by atoms with Gasteiger partial charge >= 0.3 is 34.6 Å². The molecule has 14 nitrogen and oxygen atoms in total. The Hall–Kier alpha value is -2.70. The summed E-state index contributed by atoms with van der Waals surface area (Å²) in [6.07, 6.45) is -11.7. The highest BCUT2D eigenvalue weighted by Crippen LogP contribution is 2.56. The van der Waals surface area contributed by atoms with E-state index in [4.69, 9.17) is 18.9 Å². The molecule has 11 atom stereocenters. The molecular weight excluding hydrogens is 764 g/mol. The number of hydrogen-bond acceptors (Lipinski definition) is 14. The smallest absolute Gasteiger partial charge is 0.398 e. The predicted molar refractivity (Wildman–Crippen MR) is 141 cm³/mol. The summed E-state index contributed by atoms with van der Waals surface area (Å²) in [6, 6.07) is 0. The van der Waals surface area contributed by atoms with Crippen molar-refractivity contribution in [3.63, 3.8) is 0 Å². The number of hydrogen-bond donors (Lipinski definition) is 0. The van der Waals surface area contributed by atoms with Crippen LogP contribution in [0.4, 0.5) is 35.1 Å². The second-order valence-corrected chi connectivity index (χ2v) is 16.5. The molecule has 290 valence electrons. The van der Waals surface area contributed by atoms with E-state index in [1.165, 1.54) is 0 Å². The maximum atomic E-state index is 13.5. The first-order valence-corrected chi connectivity index (χ1v) is 18.1. The van der Waals surface area contributed by atoms with Crippen LogP contribution in [0.2, 0.25) is 0 Å². The van der Waals surface area contributed by atoms with Crippen molar-refractivity contribution >= 4 is 43.9 Å². The summed E-state index contributed by atoms with van der Waals surface area (Å²) >= 11 is 0. The molecule has 7 rings (SSSR count). The zero-order valence-corrected chi connectivity index (χ0v) is 27.3. The van der Waals surface area contributed by atoms with Gasteiger partial charge in [-0.3, -0.25) is 19.2 Å². The highest BCUT2D eigenvalue weighted by molar-refractivity contribution is 7.87. The number of halogens is 8. The van der Waals surface area contributed by atoms with Crippen LogP contribution in [0.15, 0.2) is 0 Å². The summed E-state index contributed by atoms with van der Waals surface area (Å²) in [5.41, 5.74) is -1.39. The number of fused-ring (bicyclic) bond motifs is 2. The van der Waals surface area contributed by atoms with E-state index in [9.17, 15) is 80.2 Å². The normalized spacial score (nSPS) is 35.5. The third-order valence-electron chi connectivity index (χ3n) is 10.5. The van der Waals surface area contributed by atoms with Crippen molar-refractivity contribution in [1.29, 1.82) is 0 Å². The fourth-order valence-electron chi connectivity index (χ4n) is 8.12. The minimum atomic E-state index is -6.62. The molecule has 24 heteroatoms. The van der Waals surface area contributed by atoms with Gasteiger partial charge in [-0.1, -0.05) is 0 Å². The Morgan fingerprint density at radius 3 is 2.10 bits per heavy atom. The highest BCUT2D eigenvalue weighted by atomic mass is 32.2. The minimum Gasteiger partial charge on any atom is -0.743 e. The summed E-state index contributed by atoms with van der Waals surface area (Å²) in [5, 5.41) is -10.7. The molecule has 0 aromatic rings. The molecule has 0 aromatic heterocycles. The van der Waals surface area contributed by atoms with Crippen LogP contribution < -0.4 is 0 Å². The van der Waals surface area contributed by atoms with Crippen LogP contribution in [0.1, 0.15) is 44.9 Å². The number of alkyl halides is 8. The molecule has 6 bridgehead atoms. The van der Waals surface area contributed by atoms with Gasteiger partial charge in [-0.05, 0) is 44.4 Å². The Morgan fingerprint density at radius 2 is 1.51 bits per heavy atom. The minimum absolute atomic E-state index is 0.0118. The number of ketones is 1. The molecule has 0 spiro atoms. The largest absolute Gasteiger partial charge is 0.743 e. The lowest BCUT2D eigenvalue weighted by molar-refractivity contribution is -0.224. The van der Waals surface area contributed by atoms with Crippen molar-refractivity contribution in [1.82, 2.24) is 0 Å². The van der Waals surface area contributed by atoms with Gasteiger partial charge in [0.15, 0.2) is 20.2 Å². The second kappa shape index (κ2) is 13.0. The van der Waals surface area contributed by atoms with Crippen molar-refractivity contribution < 1.29 is 99.2 Å². The molecule has 0 amide bonds. The topological polar surface area (TPSA) is 220 Å². The van der Waals surface area contributed by atoms with Crippen LogP contribution in [-0.2, 0) is 58.4 Å². The molecule has 0 N–H and O–H groups in total. The first kappa shape index (κ1) is 39.5. The van der Waals surface area contributed by atoms with Crippen molar-refractivity contribution in [2.45, 2.75) is 86.1 Å². The molecule has 11 unspecified atom stereocenters. The van der Waals surface area contributed by atoms with E-state index < -0.39 is 116 Å². The first-order valence-electron chi connectivity index (χ1n) is 15.3. The molecule has 3 aliphatic heterocycles. The Labute approximate surface area is 283 Å². The van der Waals surface area contributed by atoms with Gasteiger partial charge < -0.3 is 28.1 Å². The van der Waals surface area contributed by atoms with Gasteiger partial charge in [0.1, 0.15) is 29.8 Å². The zero-order valence-electron chi connectivity index (χ0n) is 25.7. The molecule has 3 saturated heterocycles. The molecule has 4 saturated carbocycles. The third-order valence-corrected chi connectivity index (χ3v) is 12.3. The van der Waals surface area contributed by atoms with Crippen molar-refractivity contribution in [3.05, 3.63) is 0 Å². The number of carbonyl (C=O) groups excluding carboxylic acids is 4. The number of carbonyl (C=O) groups is 4. The van der Waals surface area contributed by atoms with Gasteiger partial charge in [0.2, 0.25) is 6.17 Å². The van der Waals surface area contributed by atoms with Crippen LogP contribution in [0.3, 0.4) is 0 Å². The third kappa shape index (κ3) is 7.05. The Bertz CT molecular complexity index is 1670. The number of esters is 3. The van der Waals surface area contributed by atoms with Crippen LogP contribution in [-0.4, -0.2) is 104 Å². The van der Waals surface area contributed by atoms with Gasteiger partial charge in [-0.25, -0.2) is 21.2 Å². The quantitative estimate of drug-likeness (QED) is 0.0961. The van der Waals surface area contributed by atoms with Crippen molar-refractivity contribution in [2.75, 3.05) is 13.2 Å². The number of rotatable bonds is 11. The predicted octanol–water partition coefficient (Wildman–Crippen LogP) is 1.97. The number of Topliss-reactive ketones (excluding diaryl/α,β-unsaturated/α-hetero) is 1. The molecule has 7 fully saturated rings. The van der Waals surface area contributed by atoms with Crippen molar-refractivity contribution in [2.24, 2.45) is 40.9 Å². The van der Waals surface area contributed by atoms with Crippen LogP contribution in [0, 0.1) is 40.9 Å². The molecule has 0 aromatic carbocycles. The summed E-state index contributed by atoms with van der Waals surface area (Å²) in [4.78, 5) is 48.3. The van der Waals surface area contributed by atoms with Crippen LogP contribution >= 0.6 is 0 Å². The van der Waals surface area contributed by atoms with Crippen molar-refractivity contribution in [3.8, 4) is 0 Å². The van der Waals surface area contributed by atoms with E-state index in [1.54, 1.807) is 0 Å². The zero-order chi connectivity index (χ0) is 38.3. The van der Waals surface area contributed by atoms with E-state index in [-0.39, 0.29) is 55.2 Å². The van der Waals surface area contributed by atoms with E-state index in [1.807, 2.05) is 0 Å². The monoisotopic (exact) mass is 792 g/mol. The standard InChI is InChI=1S/C16H17F5O8S.C11H13F3O6S/c17-15(18,19)10(16(20,21)30(25,26)27)1-2-28-13(24)14-4-7-3-8(5-14)29-12(23)9(6-14)11(7)22;12-7(11(13,14)21(16,17)18)3-19-8-4-1-5-6(2-4)10(15)20-9(5)8/h7-10H,1-6H2,(H,25,26,27);4-9H,1-3H2,(H,16,17,18)/p-2. The van der Waals surface area contributed by atoms with Gasteiger partial charge in [0.05, 0.1) is 30.7 Å². The Balaban J connectivity index is 0.000000210. The second-order valence-electron chi connectivity index (χ2n) is 13.6. The maximum Gasteiger partial charge on any atom is 0.398 e. The van der Waals surface area contributed by atoms with Gasteiger partial charge in [-0.15, -0.1) is 0 Å². The number of ether oxygens (including phenoxy) is 4. The van der Waals surface area contributed by atoms with E-state index in [0.29, 0.717) is 12.8 Å². The summed E-state index contributed by atoms with van der Waals surface area (Å²) in [6.45, 7) is -2.47. The average Bonchev–Trinajstić information content (AvgIpc) is 3.59. The van der Waals surface area contributed by atoms with E-state index in [0.717, 1.165) is 0 Å². The maximum absolute atomic E-state index is 13.5. The molecule has 51 heavy (non-hydrogen) atoms. The van der Waals surface area contributed by atoms with Gasteiger partial charge in [0.25, 0.3) is 0 Å². The van der Waals surface area contributed by atoms with Crippen LogP contribution in [0.25, 0.3) is 0 Å². The molecule has 0 radical (unpaired) electrons. The SMILES string of the molecule is O=C1OC2C3CC(CC13)C2OCC(F)C(F)(F)S(=O)(=O)[O-].O=C1OC2CC3CC(C(=O)OCCC(C(F)(F)F)C(F)(F)S(=O)(=O)[O-])(C2)CC1C3=O. The Kier molecular flexibility index (Phi) is 10.1. The lowest BCUT2D eigenvalue weighted by Gasteiger charge is -2.43. The van der Waals surface area contributed by atoms with E-state index >= 15 is 0 Å². The average molecular weight is 793 g/mol. The molecule has 3 heterocycles. The molecule has 7 aliphatic rings.